The maximum absolute atomic E-state index is 12.7. The van der Waals surface area contributed by atoms with Gasteiger partial charge in [-0.25, -0.2) is 0 Å². The highest BCUT2D eigenvalue weighted by Crippen LogP contribution is 2.24. The molecule has 0 aliphatic heterocycles. The fourth-order valence-corrected chi connectivity index (χ4v) is 3.00. The molecule has 0 aliphatic carbocycles. The zero-order chi connectivity index (χ0) is 18.5. The van der Waals surface area contributed by atoms with Crippen LogP contribution >= 0.6 is 11.5 Å². The van der Waals surface area contributed by atoms with Crippen LogP contribution in [-0.2, 0) is 16.0 Å². The molecule has 0 aromatic carbocycles. The van der Waals surface area contributed by atoms with Gasteiger partial charge in [0.2, 0.25) is 5.78 Å². The predicted octanol–water partition coefficient (Wildman–Crippen LogP) is 1.19. The van der Waals surface area contributed by atoms with Crippen LogP contribution in [0.15, 0.2) is 53.4 Å². The van der Waals surface area contributed by atoms with Crippen LogP contribution in [0.3, 0.4) is 0 Å². The number of furan rings is 1. The fourth-order valence-electron chi connectivity index (χ4n) is 2.34. The summed E-state index contributed by atoms with van der Waals surface area (Å²) in [5, 5.41) is 2.54. The fraction of sp³-hybridized carbons (Fsp3) is 0.118. The molecule has 0 spiro atoms. The average molecular weight is 370 g/mol. The van der Waals surface area contributed by atoms with E-state index < -0.39 is 23.6 Å². The van der Waals surface area contributed by atoms with Crippen molar-refractivity contribution in [3.8, 4) is 11.3 Å². The first kappa shape index (κ1) is 17.5. The number of amides is 2. The Kier molecular flexibility index (Phi) is 5.18. The molecule has 9 heteroatoms. The van der Waals surface area contributed by atoms with Crippen molar-refractivity contribution in [1.29, 1.82) is 0 Å². The summed E-state index contributed by atoms with van der Waals surface area (Å²) in [6, 6.07) is 7.44. The van der Waals surface area contributed by atoms with E-state index in [0.29, 0.717) is 17.0 Å². The van der Waals surface area contributed by atoms with E-state index in [4.69, 9.17) is 10.2 Å². The summed E-state index contributed by atoms with van der Waals surface area (Å²) in [5.74, 6) is -2.13. The van der Waals surface area contributed by atoms with Gasteiger partial charge in [-0.15, -0.1) is 0 Å². The second-order valence-corrected chi connectivity index (χ2v) is 6.12. The molecule has 0 radical (unpaired) electrons. The second-order valence-electron chi connectivity index (χ2n) is 5.32. The van der Waals surface area contributed by atoms with Gasteiger partial charge in [0.05, 0.1) is 18.2 Å². The maximum atomic E-state index is 12.7. The van der Waals surface area contributed by atoms with E-state index in [-0.39, 0.29) is 11.3 Å². The van der Waals surface area contributed by atoms with Crippen LogP contribution in [-0.4, -0.2) is 33.0 Å². The number of primary amides is 1. The van der Waals surface area contributed by atoms with Crippen molar-refractivity contribution in [2.75, 3.05) is 0 Å². The average Bonchev–Trinajstić information content (AvgIpc) is 3.32. The van der Waals surface area contributed by atoms with Crippen LogP contribution in [0.5, 0.6) is 0 Å². The number of nitrogens with zero attached hydrogens (tertiary/aromatic N) is 2. The van der Waals surface area contributed by atoms with Gasteiger partial charge in [-0.05, 0) is 35.8 Å². The van der Waals surface area contributed by atoms with Gasteiger partial charge in [0.15, 0.2) is 0 Å². The van der Waals surface area contributed by atoms with Crippen LogP contribution < -0.4 is 11.1 Å². The van der Waals surface area contributed by atoms with E-state index in [1.165, 1.54) is 12.5 Å². The SMILES string of the molecule is NC(=O)C(=O)C(Cc1ccco1)NC(=O)c1sncc1-c1ccccn1. The largest absolute Gasteiger partial charge is 0.469 e. The van der Waals surface area contributed by atoms with Gasteiger partial charge in [-0.3, -0.25) is 19.4 Å². The zero-order valence-electron chi connectivity index (χ0n) is 13.4. The molecule has 132 valence electrons. The lowest BCUT2D eigenvalue weighted by atomic mass is 10.1. The second kappa shape index (κ2) is 7.70. The molecular formula is C17H14N4O4S. The number of pyridine rings is 1. The van der Waals surface area contributed by atoms with Crippen molar-refractivity contribution in [3.05, 3.63) is 59.6 Å². The molecule has 3 aromatic heterocycles. The first-order chi connectivity index (χ1) is 12.6. The summed E-state index contributed by atoms with van der Waals surface area (Å²) in [4.78, 5) is 40.5. The minimum Gasteiger partial charge on any atom is -0.469 e. The molecule has 0 bridgehead atoms. The minimum absolute atomic E-state index is 0.0121. The van der Waals surface area contributed by atoms with Crippen LogP contribution in [0.25, 0.3) is 11.3 Å². The van der Waals surface area contributed by atoms with Crippen molar-refractivity contribution < 1.29 is 18.8 Å². The molecule has 0 fully saturated rings. The third-order valence-corrected chi connectivity index (χ3v) is 4.37. The van der Waals surface area contributed by atoms with Crippen LogP contribution in [0, 0.1) is 0 Å². The van der Waals surface area contributed by atoms with E-state index in [0.717, 1.165) is 11.5 Å². The van der Waals surface area contributed by atoms with Gasteiger partial charge in [0.25, 0.3) is 11.8 Å². The molecule has 3 rings (SSSR count). The minimum atomic E-state index is -1.13. The molecule has 1 atom stereocenters. The quantitative estimate of drug-likeness (QED) is 0.601. The first-order valence-electron chi connectivity index (χ1n) is 7.59. The number of hydrogen-bond donors (Lipinski definition) is 2. The molecule has 3 aromatic rings. The molecule has 3 N–H and O–H groups in total. The van der Waals surface area contributed by atoms with Gasteiger partial charge in [-0.2, -0.15) is 4.37 Å². The lowest BCUT2D eigenvalue weighted by molar-refractivity contribution is -0.137. The highest BCUT2D eigenvalue weighted by Gasteiger charge is 2.28. The normalized spacial score (nSPS) is 11.7. The number of carbonyl (C=O) groups is 3. The Morgan fingerprint density at radius 2 is 2.08 bits per heavy atom. The summed E-state index contributed by atoms with van der Waals surface area (Å²) < 4.78 is 9.21. The summed E-state index contributed by atoms with van der Waals surface area (Å²) in [6.07, 6.45) is 4.58. The molecule has 0 aliphatic rings. The lowest BCUT2D eigenvalue weighted by Gasteiger charge is -2.15. The summed E-state index contributed by atoms with van der Waals surface area (Å²) in [6.45, 7) is 0. The number of carbonyl (C=O) groups excluding carboxylic acids is 3. The third-order valence-electron chi connectivity index (χ3n) is 3.57. The molecule has 2 amide bonds. The van der Waals surface area contributed by atoms with Gasteiger partial charge in [-0.1, -0.05) is 6.07 Å². The van der Waals surface area contributed by atoms with E-state index in [9.17, 15) is 14.4 Å². The van der Waals surface area contributed by atoms with Crippen molar-refractivity contribution in [1.82, 2.24) is 14.7 Å². The monoisotopic (exact) mass is 370 g/mol. The van der Waals surface area contributed by atoms with Crippen molar-refractivity contribution in [2.24, 2.45) is 5.73 Å². The van der Waals surface area contributed by atoms with Crippen LogP contribution in [0.2, 0.25) is 0 Å². The standard InChI is InChI=1S/C17H14N4O4S/c18-16(23)14(22)13(8-10-4-3-7-25-10)21-17(24)15-11(9-20-26-15)12-5-1-2-6-19-12/h1-7,9,13H,8H2,(H2,18,23)(H,21,24). The van der Waals surface area contributed by atoms with Crippen LogP contribution in [0.1, 0.15) is 15.4 Å². The molecule has 0 saturated heterocycles. The summed E-state index contributed by atoms with van der Waals surface area (Å²) in [7, 11) is 0. The van der Waals surface area contributed by atoms with E-state index >= 15 is 0 Å². The molecule has 26 heavy (non-hydrogen) atoms. The molecular weight excluding hydrogens is 356 g/mol. The zero-order valence-corrected chi connectivity index (χ0v) is 14.2. The first-order valence-corrected chi connectivity index (χ1v) is 8.36. The number of aromatic nitrogens is 2. The topological polar surface area (TPSA) is 128 Å². The van der Waals surface area contributed by atoms with E-state index in [1.54, 1.807) is 36.5 Å². The maximum Gasteiger partial charge on any atom is 0.287 e. The highest BCUT2D eigenvalue weighted by molar-refractivity contribution is 7.08. The van der Waals surface area contributed by atoms with Crippen LogP contribution in [0.4, 0.5) is 0 Å². The molecule has 1 unspecified atom stereocenters. The highest BCUT2D eigenvalue weighted by atomic mass is 32.1. The number of ketones is 1. The summed E-state index contributed by atoms with van der Waals surface area (Å²) in [5.41, 5.74) is 6.21. The Hall–Kier alpha value is -3.33. The van der Waals surface area contributed by atoms with Gasteiger partial charge in [0, 0.05) is 18.2 Å². The van der Waals surface area contributed by atoms with E-state index in [1.807, 2.05) is 0 Å². The Labute approximate surface area is 152 Å². The van der Waals surface area contributed by atoms with Gasteiger partial charge in [0.1, 0.15) is 16.7 Å². The van der Waals surface area contributed by atoms with Gasteiger partial charge < -0.3 is 15.5 Å². The Balaban J connectivity index is 1.83. The number of rotatable bonds is 7. The van der Waals surface area contributed by atoms with Crippen molar-refractivity contribution >= 4 is 29.1 Å². The number of nitrogens with one attached hydrogen (secondary N) is 1. The third kappa shape index (κ3) is 3.83. The molecule has 3 heterocycles. The number of nitrogens with two attached hydrogens (primary N) is 1. The molecule has 8 nitrogen and oxygen atoms in total. The lowest BCUT2D eigenvalue weighted by Crippen LogP contribution is -2.47. The van der Waals surface area contributed by atoms with Crippen molar-refractivity contribution in [3.63, 3.8) is 0 Å². The smallest absolute Gasteiger partial charge is 0.287 e. The Morgan fingerprint density at radius 3 is 2.73 bits per heavy atom. The molecule has 0 saturated carbocycles. The number of Topliss-reactive ketones (excluding diaryl/α,β-unsaturated/α-hetero) is 1. The number of hydrogen-bond acceptors (Lipinski definition) is 7. The van der Waals surface area contributed by atoms with Gasteiger partial charge >= 0.3 is 0 Å². The summed E-state index contributed by atoms with van der Waals surface area (Å²) >= 11 is 0.970. The van der Waals surface area contributed by atoms with Crippen molar-refractivity contribution in [2.45, 2.75) is 12.5 Å². The van der Waals surface area contributed by atoms with E-state index in [2.05, 4.69) is 14.7 Å². The predicted molar refractivity (Wildman–Crippen MR) is 93.2 cm³/mol. The Bertz CT molecular complexity index is 921. The Morgan fingerprint density at radius 1 is 1.23 bits per heavy atom.